The number of aryl methyl sites for hydroxylation is 1. The molecule has 6 heteroatoms. The van der Waals surface area contributed by atoms with E-state index in [0.717, 1.165) is 10.9 Å². The monoisotopic (exact) mass is 332 g/mol. The number of benzene rings is 2. The number of anilines is 1. The average Bonchev–Trinajstić information content (AvgIpc) is 2.50. The number of pyridine rings is 1. The largest absolute Gasteiger partial charge is 0.279 e. The molecule has 0 radical (unpaired) electrons. The molecule has 2 aromatic carbocycles. The van der Waals surface area contributed by atoms with Crippen LogP contribution in [0.1, 0.15) is 5.56 Å². The number of nitrogens with zero attached hydrogens (tertiary/aromatic N) is 1. The summed E-state index contributed by atoms with van der Waals surface area (Å²) in [7, 11) is -3.75. The molecule has 0 aliphatic carbocycles. The van der Waals surface area contributed by atoms with Crippen molar-refractivity contribution < 1.29 is 8.42 Å². The highest BCUT2D eigenvalue weighted by Crippen LogP contribution is 2.26. The first kappa shape index (κ1) is 14.8. The Morgan fingerprint density at radius 1 is 1.09 bits per heavy atom. The molecule has 0 saturated heterocycles. The third-order valence-corrected chi connectivity index (χ3v) is 4.96. The lowest BCUT2D eigenvalue weighted by Crippen LogP contribution is -2.14. The summed E-state index contributed by atoms with van der Waals surface area (Å²) in [6.45, 7) is 1.82. The summed E-state index contributed by atoms with van der Waals surface area (Å²) in [5.41, 5.74) is 1.69. The molecule has 1 heterocycles. The fraction of sp³-hybridized carbons (Fsp3) is 0.0625. The van der Waals surface area contributed by atoms with Gasteiger partial charge in [-0.3, -0.25) is 9.71 Å². The summed E-state index contributed by atoms with van der Waals surface area (Å²) in [6, 6.07) is 13.7. The highest BCUT2D eigenvalue weighted by Gasteiger charge is 2.19. The van der Waals surface area contributed by atoms with Gasteiger partial charge in [-0.05, 0) is 36.8 Å². The lowest BCUT2D eigenvalue weighted by molar-refractivity contribution is 0.602. The quantitative estimate of drug-likeness (QED) is 0.788. The Morgan fingerprint density at radius 3 is 2.68 bits per heavy atom. The van der Waals surface area contributed by atoms with Crippen LogP contribution in [0.4, 0.5) is 5.69 Å². The fourth-order valence-corrected chi connectivity index (χ4v) is 3.67. The van der Waals surface area contributed by atoms with Crippen molar-refractivity contribution in [3.63, 3.8) is 0 Å². The minimum Gasteiger partial charge on any atom is -0.279 e. The maximum atomic E-state index is 12.7. The first-order valence-electron chi connectivity index (χ1n) is 6.60. The van der Waals surface area contributed by atoms with Crippen LogP contribution in [0.3, 0.4) is 0 Å². The molecule has 22 heavy (non-hydrogen) atoms. The second-order valence-electron chi connectivity index (χ2n) is 4.90. The van der Waals surface area contributed by atoms with Gasteiger partial charge < -0.3 is 0 Å². The van der Waals surface area contributed by atoms with E-state index in [1.54, 1.807) is 36.5 Å². The zero-order chi connectivity index (χ0) is 15.7. The summed E-state index contributed by atoms with van der Waals surface area (Å²) in [5.74, 6) is 0. The molecule has 1 N–H and O–H groups in total. The van der Waals surface area contributed by atoms with Gasteiger partial charge in [-0.2, -0.15) is 0 Å². The van der Waals surface area contributed by atoms with E-state index in [-0.39, 0.29) is 4.90 Å². The average molecular weight is 333 g/mol. The van der Waals surface area contributed by atoms with Crippen LogP contribution in [0.15, 0.2) is 59.6 Å². The molecule has 0 aliphatic rings. The Labute approximate surface area is 133 Å². The van der Waals surface area contributed by atoms with E-state index in [1.165, 1.54) is 6.07 Å². The molecule has 0 fully saturated rings. The van der Waals surface area contributed by atoms with Crippen molar-refractivity contribution in [2.75, 3.05) is 4.72 Å². The van der Waals surface area contributed by atoms with Crippen molar-refractivity contribution >= 4 is 38.2 Å². The molecule has 0 atom stereocenters. The molecule has 0 spiro atoms. The van der Waals surface area contributed by atoms with Crippen LogP contribution in [-0.4, -0.2) is 13.4 Å². The first-order valence-corrected chi connectivity index (χ1v) is 8.46. The van der Waals surface area contributed by atoms with Crippen molar-refractivity contribution in [2.45, 2.75) is 11.8 Å². The van der Waals surface area contributed by atoms with Crippen LogP contribution in [0.2, 0.25) is 5.02 Å². The third kappa shape index (κ3) is 2.77. The Kier molecular flexibility index (Phi) is 3.76. The van der Waals surface area contributed by atoms with Crippen molar-refractivity contribution in [2.24, 2.45) is 0 Å². The molecule has 0 saturated carbocycles. The van der Waals surface area contributed by atoms with Crippen LogP contribution in [0.5, 0.6) is 0 Å². The number of nitrogens with one attached hydrogen (secondary N) is 1. The predicted molar refractivity (Wildman–Crippen MR) is 88.7 cm³/mol. The van der Waals surface area contributed by atoms with Gasteiger partial charge in [-0.25, -0.2) is 8.42 Å². The van der Waals surface area contributed by atoms with Gasteiger partial charge in [0.1, 0.15) is 4.90 Å². The highest BCUT2D eigenvalue weighted by molar-refractivity contribution is 7.93. The molecule has 0 bridgehead atoms. The van der Waals surface area contributed by atoms with Gasteiger partial charge in [0.15, 0.2) is 0 Å². The minimum atomic E-state index is -3.75. The van der Waals surface area contributed by atoms with E-state index in [9.17, 15) is 8.42 Å². The van der Waals surface area contributed by atoms with Gasteiger partial charge in [0, 0.05) is 16.6 Å². The Bertz CT molecular complexity index is 950. The lowest BCUT2D eigenvalue weighted by atomic mass is 10.2. The van der Waals surface area contributed by atoms with Crippen molar-refractivity contribution in [1.29, 1.82) is 0 Å². The summed E-state index contributed by atoms with van der Waals surface area (Å²) in [6.07, 6.45) is 1.58. The van der Waals surface area contributed by atoms with Gasteiger partial charge >= 0.3 is 0 Å². The van der Waals surface area contributed by atoms with Crippen LogP contribution >= 0.6 is 11.6 Å². The number of para-hydroxylation sites is 1. The van der Waals surface area contributed by atoms with Crippen molar-refractivity contribution in [3.05, 3.63) is 65.3 Å². The van der Waals surface area contributed by atoms with Gasteiger partial charge in [0.05, 0.1) is 11.2 Å². The van der Waals surface area contributed by atoms with Crippen LogP contribution in [0, 0.1) is 6.92 Å². The molecule has 0 aliphatic heterocycles. The predicted octanol–water partition coefficient (Wildman–Crippen LogP) is 4.00. The molecule has 112 valence electrons. The van der Waals surface area contributed by atoms with Gasteiger partial charge in [0.25, 0.3) is 10.0 Å². The van der Waals surface area contributed by atoms with E-state index in [2.05, 4.69) is 9.71 Å². The SMILES string of the molecule is Cc1ccc(Cl)cc1NS(=O)(=O)c1cccc2cccnc12. The number of hydrogen-bond acceptors (Lipinski definition) is 3. The van der Waals surface area contributed by atoms with Gasteiger partial charge in [-0.15, -0.1) is 0 Å². The second kappa shape index (κ2) is 5.59. The van der Waals surface area contributed by atoms with E-state index in [1.807, 2.05) is 19.1 Å². The molecular formula is C16H13ClN2O2S. The normalized spacial score (nSPS) is 11.5. The maximum Gasteiger partial charge on any atom is 0.264 e. The fourth-order valence-electron chi connectivity index (χ4n) is 2.20. The summed E-state index contributed by atoms with van der Waals surface area (Å²) in [4.78, 5) is 4.33. The molecule has 0 amide bonds. The maximum absolute atomic E-state index is 12.7. The lowest BCUT2D eigenvalue weighted by Gasteiger charge is -2.12. The molecule has 0 unspecified atom stereocenters. The van der Waals surface area contributed by atoms with Crippen LogP contribution in [-0.2, 0) is 10.0 Å². The molecule has 3 rings (SSSR count). The van der Waals surface area contributed by atoms with Gasteiger partial charge in [0.2, 0.25) is 0 Å². The van der Waals surface area contributed by atoms with Crippen molar-refractivity contribution in [3.8, 4) is 0 Å². The van der Waals surface area contributed by atoms with E-state index in [4.69, 9.17) is 11.6 Å². The van der Waals surface area contributed by atoms with Crippen LogP contribution < -0.4 is 4.72 Å². The smallest absolute Gasteiger partial charge is 0.264 e. The van der Waals surface area contributed by atoms with E-state index < -0.39 is 10.0 Å². The number of rotatable bonds is 3. The minimum absolute atomic E-state index is 0.143. The molecular weight excluding hydrogens is 320 g/mol. The highest BCUT2D eigenvalue weighted by atomic mass is 35.5. The summed E-state index contributed by atoms with van der Waals surface area (Å²) >= 11 is 5.94. The molecule has 3 aromatic rings. The zero-order valence-electron chi connectivity index (χ0n) is 11.7. The number of sulfonamides is 1. The third-order valence-electron chi connectivity index (χ3n) is 3.33. The summed E-state index contributed by atoms with van der Waals surface area (Å²) < 4.78 is 28.0. The first-order chi connectivity index (χ1) is 10.5. The summed E-state index contributed by atoms with van der Waals surface area (Å²) in [5, 5.41) is 1.24. The number of aromatic nitrogens is 1. The standard InChI is InChI=1S/C16H13ClN2O2S/c1-11-7-8-13(17)10-14(11)19-22(20,21)15-6-2-4-12-5-3-9-18-16(12)15/h2-10,19H,1H3. The van der Waals surface area contributed by atoms with E-state index >= 15 is 0 Å². The Hall–Kier alpha value is -2.11. The topological polar surface area (TPSA) is 59.1 Å². The van der Waals surface area contributed by atoms with E-state index in [0.29, 0.717) is 16.2 Å². The van der Waals surface area contributed by atoms with Crippen LogP contribution in [0.25, 0.3) is 10.9 Å². The number of halogens is 1. The zero-order valence-corrected chi connectivity index (χ0v) is 13.3. The van der Waals surface area contributed by atoms with Gasteiger partial charge in [-0.1, -0.05) is 35.9 Å². The number of fused-ring (bicyclic) bond motifs is 1. The van der Waals surface area contributed by atoms with Crippen molar-refractivity contribution in [1.82, 2.24) is 4.98 Å². The second-order valence-corrected chi connectivity index (χ2v) is 6.98. The Morgan fingerprint density at radius 2 is 1.86 bits per heavy atom. The Balaban J connectivity index is 2.11. The molecule has 1 aromatic heterocycles. The number of hydrogen-bond donors (Lipinski definition) is 1. The molecule has 4 nitrogen and oxygen atoms in total.